The molecule has 0 aliphatic heterocycles. The van der Waals surface area contributed by atoms with Gasteiger partial charge in [0.05, 0.1) is 4.90 Å². The zero-order valence-electron chi connectivity index (χ0n) is 23.2. The molecule has 208 valence electrons. The molecular weight excluding hydrogens is 494 g/mol. The standard InChI is InChI=1S/C31H45N3O3S/c1-34(2)28-13-9-12-27-26(28)11-10-14-29(27)38(36,37)33-16-8-6-4-3-5-7-15-32-30(35)31-20-23-17-24(21-31)19-25(18-23)22-31/h9-14,23-25,33H,3-8,15-22H2,1-2H3,(H,32,35). The van der Waals surface area contributed by atoms with Crippen molar-refractivity contribution in [1.82, 2.24) is 10.0 Å². The minimum Gasteiger partial charge on any atom is -0.377 e. The van der Waals surface area contributed by atoms with E-state index < -0.39 is 10.0 Å². The summed E-state index contributed by atoms with van der Waals surface area (Å²) < 4.78 is 28.9. The van der Waals surface area contributed by atoms with E-state index in [1.54, 1.807) is 6.07 Å². The van der Waals surface area contributed by atoms with Crippen molar-refractivity contribution in [3.05, 3.63) is 36.4 Å². The average Bonchev–Trinajstić information content (AvgIpc) is 2.88. The number of nitrogens with zero attached hydrogens (tertiary/aromatic N) is 1. The number of rotatable bonds is 13. The molecule has 6 rings (SSSR count). The van der Waals surface area contributed by atoms with E-state index in [1.165, 1.54) is 19.3 Å². The fraction of sp³-hybridized carbons (Fsp3) is 0.645. The molecule has 0 unspecified atom stereocenters. The molecule has 2 N–H and O–H groups in total. The maximum Gasteiger partial charge on any atom is 0.241 e. The van der Waals surface area contributed by atoms with Crippen LogP contribution in [0.25, 0.3) is 10.8 Å². The van der Waals surface area contributed by atoms with Crippen LogP contribution < -0.4 is 14.9 Å². The second-order valence-corrected chi connectivity index (χ2v) is 14.2. The Morgan fingerprint density at radius 1 is 0.816 bits per heavy atom. The van der Waals surface area contributed by atoms with Crippen LogP contribution in [0, 0.1) is 23.2 Å². The fourth-order valence-corrected chi connectivity index (χ4v) is 9.20. The minimum absolute atomic E-state index is 0.0389. The second kappa shape index (κ2) is 11.5. The van der Waals surface area contributed by atoms with Crippen molar-refractivity contribution in [2.45, 2.75) is 81.9 Å². The van der Waals surface area contributed by atoms with Gasteiger partial charge in [-0.15, -0.1) is 0 Å². The Hall–Kier alpha value is -2.12. The molecule has 0 heterocycles. The molecule has 0 atom stereocenters. The van der Waals surface area contributed by atoms with Gasteiger partial charge in [-0.2, -0.15) is 0 Å². The average molecular weight is 540 g/mol. The maximum atomic E-state index is 13.0. The van der Waals surface area contributed by atoms with Crippen molar-refractivity contribution in [2.75, 3.05) is 32.1 Å². The van der Waals surface area contributed by atoms with Gasteiger partial charge >= 0.3 is 0 Å². The van der Waals surface area contributed by atoms with E-state index in [1.807, 2.05) is 49.3 Å². The number of sulfonamides is 1. The van der Waals surface area contributed by atoms with E-state index in [0.717, 1.165) is 98.5 Å². The third kappa shape index (κ3) is 5.89. The summed E-state index contributed by atoms with van der Waals surface area (Å²) in [6.07, 6.45) is 13.7. The number of carbonyl (C=O) groups is 1. The molecule has 0 radical (unpaired) electrons. The van der Waals surface area contributed by atoms with E-state index in [0.29, 0.717) is 17.3 Å². The van der Waals surface area contributed by atoms with Crippen LogP contribution in [0.4, 0.5) is 5.69 Å². The topological polar surface area (TPSA) is 78.5 Å². The lowest BCUT2D eigenvalue weighted by atomic mass is 9.49. The molecule has 7 heteroatoms. The van der Waals surface area contributed by atoms with Crippen molar-refractivity contribution >= 4 is 32.4 Å². The fourth-order valence-electron chi connectivity index (χ4n) is 7.91. The summed E-state index contributed by atoms with van der Waals surface area (Å²) in [7, 11) is 0.364. The van der Waals surface area contributed by atoms with Crippen LogP contribution in [0.1, 0.15) is 77.0 Å². The predicted octanol–water partition coefficient (Wildman–Crippen LogP) is 5.86. The Balaban J connectivity index is 0.976. The lowest BCUT2D eigenvalue weighted by Crippen LogP contribution is -2.53. The molecular formula is C31H45N3O3S. The quantitative estimate of drug-likeness (QED) is 0.313. The smallest absolute Gasteiger partial charge is 0.241 e. The highest BCUT2D eigenvalue weighted by molar-refractivity contribution is 7.89. The van der Waals surface area contributed by atoms with Gasteiger partial charge in [0.25, 0.3) is 0 Å². The molecule has 2 aromatic rings. The first-order chi connectivity index (χ1) is 18.3. The molecule has 0 spiro atoms. The third-order valence-electron chi connectivity index (χ3n) is 9.33. The van der Waals surface area contributed by atoms with Gasteiger partial charge in [0.15, 0.2) is 0 Å². The molecule has 4 aliphatic carbocycles. The van der Waals surface area contributed by atoms with E-state index in [-0.39, 0.29) is 5.41 Å². The number of hydrogen-bond acceptors (Lipinski definition) is 4. The largest absolute Gasteiger partial charge is 0.377 e. The summed E-state index contributed by atoms with van der Waals surface area (Å²) in [5.74, 6) is 2.76. The molecule has 4 aliphatic rings. The summed E-state index contributed by atoms with van der Waals surface area (Å²) in [5.41, 5.74) is 0.967. The van der Waals surface area contributed by atoms with Gasteiger partial charge in [0.1, 0.15) is 0 Å². The number of nitrogens with one attached hydrogen (secondary N) is 2. The van der Waals surface area contributed by atoms with E-state index >= 15 is 0 Å². The molecule has 4 bridgehead atoms. The Labute approximate surface area is 229 Å². The zero-order valence-corrected chi connectivity index (χ0v) is 24.0. The molecule has 1 amide bonds. The van der Waals surface area contributed by atoms with Crippen LogP contribution in [0.2, 0.25) is 0 Å². The van der Waals surface area contributed by atoms with E-state index in [4.69, 9.17) is 0 Å². The Bertz CT molecular complexity index is 1200. The zero-order chi connectivity index (χ0) is 26.8. The van der Waals surface area contributed by atoms with Gasteiger partial charge in [-0.3, -0.25) is 4.79 Å². The van der Waals surface area contributed by atoms with Crippen LogP contribution in [0.15, 0.2) is 41.3 Å². The number of unbranched alkanes of at least 4 members (excludes halogenated alkanes) is 5. The predicted molar refractivity (Wildman–Crippen MR) is 155 cm³/mol. The number of amides is 1. The number of fused-ring (bicyclic) bond motifs is 1. The van der Waals surface area contributed by atoms with Crippen molar-refractivity contribution in [3.63, 3.8) is 0 Å². The summed E-state index contributed by atoms with van der Waals surface area (Å²) in [6, 6.07) is 11.3. The van der Waals surface area contributed by atoms with Crippen LogP contribution in [0.5, 0.6) is 0 Å². The molecule has 0 aromatic heterocycles. The van der Waals surface area contributed by atoms with Gasteiger partial charge in [0, 0.05) is 49.1 Å². The maximum absolute atomic E-state index is 13.0. The Kier molecular flexibility index (Phi) is 8.34. The lowest BCUT2D eigenvalue weighted by molar-refractivity contribution is -0.146. The highest BCUT2D eigenvalue weighted by Gasteiger charge is 2.54. The molecule has 38 heavy (non-hydrogen) atoms. The SMILES string of the molecule is CN(C)c1cccc2c(S(=O)(=O)NCCCCCCCCNC(=O)C34CC5CC(CC(C5)C3)C4)cccc12. The normalized spacial score (nSPS) is 26.1. The highest BCUT2D eigenvalue weighted by Crippen LogP contribution is 2.60. The van der Waals surface area contributed by atoms with Crippen molar-refractivity contribution in [2.24, 2.45) is 23.2 Å². The first kappa shape index (κ1) is 27.4. The molecule has 6 nitrogen and oxygen atoms in total. The van der Waals surface area contributed by atoms with Crippen LogP contribution >= 0.6 is 0 Å². The first-order valence-electron chi connectivity index (χ1n) is 14.7. The highest BCUT2D eigenvalue weighted by atomic mass is 32.2. The summed E-state index contributed by atoms with van der Waals surface area (Å²) in [4.78, 5) is 15.4. The number of carbonyl (C=O) groups excluding carboxylic acids is 1. The van der Waals surface area contributed by atoms with Crippen molar-refractivity contribution in [3.8, 4) is 0 Å². The number of benzene rings is 2. The summed E-state index contributed by atoms with van der Waals surface area (Å²) in [5, 5.41) is 4.98. The number of hydrogen-bond donors (Lipinski definition) is 2. The third-order valence-corrected chi connectivity index (χ3v) is 10.9. The van der Waals surface area contributed by atoms with Gasteiger partial charge in [-0.05, 0) is 81.3 Å². The van der Waals surface area contributed by atoms with E-state index in [2.05, 4.69) is 10.0 Å². The van der Waals surface area contributed by atoms with Crippen molar-refractivity contribution in [1.29, 1.82) is 0 Å². The molecule has 4 fully saturated rings. The van der Waals surface area contributed by atoms with Crippen LogP contribution in [-0.4, -0.2) is 41.5 Å². The summed E-state index contributed by atoms with van der Waals surface area (Å²) in [6.45, 7) is 1.24. The lowest BCUT2D eigenvalue weighted by Gasteiger charge is -2.55. The Morgan fingerprint density at radius 2 is 1.37 bits per heavy atom. The van der Waals surface area contributed by atoms with Gasteiger partial charge < -0.3 is 10.2 Å². The molecule has 0 saturated heterocycles. The van der Waals surface area contributed by atoms with Crippen LogP contribution in [-0.2, 0) is 14.8 Å². The first-order valence-corrected chi connectivity index (χ1v) is 16.2. The monoisotopic (exact) mass is 539 g/mol. The minimum atomic E-state index is -3.57. The number of anilines is 1. The molecule has 4 saturated carbocycles. The summed E-state index contributed by atoms with van der Waals surface area (Å²) >= 11 is 0. The van der Waals surface area contributed by atoms with Crippen molar-refractivity contribution < 1.29 is 13.2 Å². The van der Waals surface area contributed by atoms with E-state index in [9.17, 15) is 13.2 Å². The van der Waals surface area contributed by atoms with Crippen LogP contribution in [0.3, 0.4) is 0 Å². The Morgan fingerprint density at radius 3 is 2.00 bits per heavy atom. The molecule has 2 aromatic carbocycles. The van der Waals surface area contributed by atoms with Gasteiger partial charge in [-0.25, -0.2) is 13.1 Å². The van der Waals surface area contributed by atoms with Gasteiger partial charge in [0.2, 0.25) is 15.9 Å². The second-order valence-electron chi connectivity index (χ2n) is 12.5. The van der Waals surface area contributed by atoms with Gasteiger partial charge in [-0.1, -0.05) is 49.9 Å².